The van der Waals surface area contributed by atoms with Gasteiger partial charge < -0.3 is 0 Å². The maximum absolute atomic E-state index is 4.36. The summed E-state index contributed by atoms with van der Waals surface area (Å²) in [5.41, 5.74) is 1.19. The Balaban J connectivity index is 2.42. The predicted octanol–water partition coefficient (Wildman–Crippen LogP) is 3.72. The van der Waals surface area contributed by atoms with Crippen LogP contribution in [-0.4, -0.2) is 4.98 Å². The lowest BCUT2D eigenvalue weighted by molar-refractivity contribution is 1.23. The van der Waals surface area contributed by atoms with Gasteiger partial charge in [0.1, 0.15) is 4.83 Å². The lowest BCUT2D eigenvalue weighted by Gasteiger charge is -1.92. The maximum atomic E-state index is 4.36. The number of allylic oxidation sites excluding steroid dienone is 1. The Labute approximate surface area is 81.7 Å². The van der Waals surface area contributed by atoms with Gasteiger partial charge in [-0.15, -0.1) is 11.3 Å². The second-order valence-electron chi connectivity index (χ2n) is 2.89. The summed E-state index contributed by atoms with van der Waals surface area (Å²) in [6, 6.07) is 4.28. The minimum absolute atomic E-state index is 1.07. The Morgan fingerprint density at radius 1 is 1.54 bits per heavy atom. The zero-order chi connectivity index (χ0) is 9.10. The normalized spacial score (nSPS) is 11.5. The van der Waals surface area contributed by atoms with E-state index in [1.807, 2.05) is 6.20 Å². The molecule has 0 bridgehead atoms. The van der Waals surface area contributed by atoms with Crippen LogP contribution in [0.25, 0.3) is 16.3 Å². The molecule has 0 aliphatic rings. The first-order valence-corrected chi connectivity index (χ1v) is 5.28. The van der Waals surface area contributed by atoms with Gasteiger partial charge in [-0.1, -0.05) is 19.1 Å². The van der Waals surface area contributed by atoms with Crippen molar-refractivity contribution in [3.05, 3.63) is 35.3 Å². The van der Waals surface area contributed by atoms with Crippen molar-refractivity contribution >= 4 is 27.6 Å². The van der Waals surface area contributed by atoms with E-state index < -0.39 is 0 Å². The number of pyridine rings is 1. The second kappa shape index (κ2) is 3.71. The number of hydrogen-bond acceptors (Lipinski definition) is 2. The Hall–Kier alpha value is -1.15. The van der Waals surface area contributed by atoms with Crippen LogP contribution in [0.3, 0.4) is 0 Å². The predicted molar refractivity (Wildman–Crippen MR) is 58.9 cm³/mol. The summed E-state index contributed by atoms with van der Waals surface area (Å²) < 4.78 is 0. The molecule has 0 saturated carbocycles. The molecule has 66 valence electrons. The topological polar surface area (TPSA) is 12.9 Å². The lowest BCUT2D eigenvalue weighted by atomic mass is 10.2. The smallest absolute Gasteiger partial charge is 0.123 e. The molecule has 0 unspecified atom stereocenters. The Bertz CT molecular complexity index is 428. The summed E-state index contributed by atoms with van der Waals surface area (Å²) in [4.78, 5) is 5.48. The summed E-state index contributed by atoms with van der Waals surface area (Å²) >= 11 is 1.68. The molecule has 0 saturated heterocycles. The van der Waals surface area contributed by atoms with E-state index in [0.717, 1.165) is 11.3 Å². The fraction of sp³-hybridized carbons (Fsp3) is 0.182. The van der Waals surface area contributed by atoms with Crippen molar-refractivity contribution in [3.8, 4) is 0 Å². The summed E-state index contributed by atoms with van der Waals surface area (Å²) in [6.07, 6.45) is 7.26. The first kappa shape index (κ1) is 8.45. The van der Waals surface area contributed by atoms with Gasteiger partial charge in [0.25, 0.3) is 0 Å². The van der Waals surface area contributed by atoms with Crippen LogP contribution < -0.4 is 0 Å². The van der Waals surface area contributed by atoms with Crippen LogP contribution in [0.15, 0.2) is 29.8 Å². The number of thiophene rings is 1. The molecule has 0 spiro atoms. The molecule has 0 N–H and O–H groups in total. The highest BCUT2D eigenvalue weighted by Crippen LogP contribution is 2.19. The highest BCUT2D eigenvalue weighted by Gasteiger charge is 1.95. The Kier molecular flexibility index (Phi) is 2.41. The summed E-state index contributed by atoms with van der Waals surface area (Å²) in [7, 11) is 0. The van der Waals surface area contributed by atoms with Gasteiger partial charge >= 0.3 is 0 Å². The van der Waals surface area contributed by atoms with E-state index in [9.17, 15) is 0 Å². The van der Waals surface area contributed by atoms with E-state index in [1.54, 1.807) is 11.3 Å². The fourth-order valence-electron chi connectivity index (χ4n) is 1.22. The van der Waals surface area contributed by atoms with Gasteiger partial charge in [0.05, 0.1) is 0 Å². The molecule has 2 aromatic heterocycles. The number of hydrogen-bond donors (Lipinski definition) is 0. The first-order valence-electron chi connectivity index (χ1n) is 4.40. The van der Waals surface area contributed by atoms with Crippen molar-refractivity contribution in [2.24, 2.45) is 0 Å². The maximum Gasteiger partial charge on any atom is 0.123 e. The Morgan fingerprint density at radius 2 is 2.46 bits per heavy atom. The van der Waals surface area contributed by atoms with Crippen LogP contribution in [0.2, 0.25) is 0 Å². The first-order chi connectivity index (χ1) is 6.40. The van der Waals surface area contributed by atoms with E-state index in [4.69, 9.17) is 0 Å². The largest absolute Gasteiger partial charge is 0.245 e. The minimum atomic E-state index is 1.07. The molecule has 2 rings (SSSR count). The third-order valence-corrected chi connectivity index (χ3v) is 2.71. The summed E-state index contributed by atoms with van der Waals surface area (Å²) in [6.45, 7) is 2.13. The molecular formula is C11H11NS. The zero-order valence-corrected chi connectivity index (χ0v) is 8.34. The molecule has 0 radical (unpaired) electrons. The van der Waals surface area contributed by atoms with Crippen molar-refractivity contribution in [1.82, 2.24) is 4.98 Å². The zero-order valence-electron chi connectivity index (χ0n) is 7.53. The van der Waals surface area contributed by atoms with Gasteiger partial charge in [-0.2, -0.15) is 0 Å². The molecule has 0 aliphatic carbocycles. The van der Waals surface area contributed by atoms with Crippen LogP contribution in [0.5, 0.6) is 0 Å². The molecule has 2 heteroatoms. The average molecular weight is 189 g/mol. The molecule has 1 nitrogen and oxygen atoms in total. The van der Waals surface area contributed by atoms with E-state index in [2.05, 4.69) is 41.6 Å². The van der Waals surface area contributed by atoms with Crippen LogP contribution in [0.1, 0.15) is 18.9 Å². The van der Waals surface area contributed by atoms with Crippen LogP contribution in [0, 0.1) is 0 Å². The van der Waals surface area contributed by atoms with Crippen LogP contribution in [-0.2, 0) is 0 Å². The summed E-state index contributed by atoms with van der Waals surface area (Å²) in [5, 5.41) is 3.31. The number of fused-ring (bicyclic) bond motifs is 1. The molecule has 0 aromatic carbocycles. The number of rotatable bonds is 2. The highest BCUT2D eigenvalue weighted by atomic mass is 32.1. The van der Waals surface area contributed by atoms with Gasteiger partial charge in [0.2, 0.25) is 0 Å². The van der Waals surface area contributed by atoms with Crippen molar-refractivity contribution in [2.75, 3.05) is 0 Å². The van der Waals surface area contributed by atoms with Gasteiger partial charge in [-0.25, -0.2) is 4.98 Å². The van der Waals surface area contributed by atoms with Crippen LogP contribution in [0.4, 0.5) is 0 Å². The quantitative estimate of drug-likeness (QED) is 0.701. The average Bonchev–Trinajstić information content (AvgIpc) is 2.61. The highest BCUT2D eigenvalue weighted by molar-refractivity contribution is 7.16. The monoisotopic (exact) mass is 189 g/mol. The van der Waals surface area contributed by atoms with E-state index in [-0.39, 0.29) is 0 Å². The number of nitrogens with zero attached hydrogens (tertiary/aromatic N) is 1. The molecule has 0 fully saturated rings. The van der Waals surface area contributed by atoms with Crippen molar-refractivity contribution < 1.29 is 0 Å². The summed E-state index contributed by atoms with van der Waals surface area (Å²) in [5.74, 6) is 0. The van der Waals surface area contributed by atoms with Crippen molar-refractivity contribution in [3.63, 3.8) is 0 Å². The molecule has 2 heterocycles. The van der Waals surface area contributed by atoms with Crippen molar-refractivity contribution in [2.45, 2.75) is 13.3 Å². The van der Waals surface area contributed by atoms with E-state index >= 15 is 0 Å². The number of aromatic nitrogens is 1. The van der Waals surface area contributed by atoms with Crippen LogP contribution >= 0.6 is 11.3 Å². The molecule has 0 aliphatic heterocycles. The second-order valence-corrected chi connectivity index (χ2v) is 3.79. The van der Waals surface area contributed by atoms with Crippen molar-refractivity contribution in [1.29, 1.82) is 0 Å². The van der Waals surface area contributed by atoms with Gasteiger partial charge in [-0.3, -0.25) is 0 Å². The molecule has 0 amide bonds. The standard InChI is InChI=1S/C11H11NS/c1-2-3-4-9-7-10-5-6-13-11(10)12-8-9/h3-8H,2H2,1H3/b4-3+. The third kappa shape index (κ3) is 1.78. The van der Waals surface area contributed by atoms with Gasteiger partial charge in [0, 0.05) is 11.6 Å². The molecule has 2 aromatic rings. The SMILES string of the molecule is CC/C=C/c1cnc2sccc2c1. The van der Waals surface area contributed by atoms with Gasteiger partial charge in [-0.05, 0) is 29.5 Å². The fourth-order valence-corrected chi connectivity index (χ4v) is 1.94. The van der Waals surface area contributed by atoms with Gasteiger partial charge in [0.15, 0.2) is 0 Å². The third-order valence-electron chi connectivity index (χ3n) is 1.87. The van der Waals surface area contributed by atoms with E-state index in [1.165, 1.54) is 10.9 Å². The molecule has 0 atom stereocenters. The minimum Gasteiger partial charge on any atom is -0.245 e. The molecule has 13 heavy (non-hydrogen) atoms. The van der Waals surface area contributed by atoms with E-state index in [0.29, 0.717) is 0 Å². The Morgan fingerprint density at radius 3 is 3.31 bits per heavy atom. The lowest BCUT2D eigenvalue weighted by Crippen LogP contribution is -1.75. The molecular weight excluding hydrogens is 178 g/mol.